The van der Waals surface area contributed by atoms with E-state index >= 15 is 0 Å². The number of carbonyl (C=O) groups excluding carboxylic acids is 1. The summed E-state index contributed by atoms with van der Waals surface area (Å²) in [6, 6.07) is 0. The highest BCUT2D eigenvalue weighted by Gasteiger charge is 2.37. The van der Waals surface area contributed by atoms with Gasteiger partial charge >= 0.3 is 5.97 Å². The summed E-state index contributed by atoms with van der Waals surface area (Å²) in [5, 5.41) is 4.16. The molecule has 2 unspecified atom stereocenters. The SMILES string of the molecule is COC(=O)CC1(C)CC(CC(C)CC(C)(C)C)=NO1. The number of rotatable bonds is 5. The average molecular weight is 269 g/mol. The first-order valence-electron chi connectivity index (χ1n) is 6.94. The van der Waals surface area contributed by atoms with Crippen LogP contribution in [0.5, 0.6) is 0 Å². The maximum absolute atomic E-state index is 11.3. The van der Waals surface area contributed by atoms with Crippen molar-refractivity contribution < 1.29 is 14.4 Å². The van der Waals surface area contributed by atoms with Crippen molar-refractivity contribution in [1.29, 1.82) is 0 Å². The van der Waals surface area contributed by atoms with Gasteiger partial charge in [-0.15, -0.1) is 0 Å². The van der Waals surface area contributed by atoms with E-state index in [2.05, 4.69) is 37.6 Å². The minimum Gasteiger partial charge on any atom is -0.469 e. The first kappa shape index (κ1) is 16.0. The molecule has 0 aromatic heterocycles. The third-order valence-corrected chi connectivity index (χ3v) is 3.26. The van der Waals surface area contributed by atoms with Gasteiger partial charge in [0.05, 0.1) is 19.2 Å². The Kier molecular flexibility index (Phi) is 4.99. The van der Waals surface area contributed by atoms with Crippen LogP contribution in [0.15, 0.2) is 5.16 Å². The fourth-order valence-corrected chi connectivity index (χ4v) is 2.77. The van der Waals surface area contributed by atoms with Gasteiger partial charge in [-0.25, -0.2) is 0 Å². The second-order valence-electron chi connectivity index (χ2n) is 7.20. The summed E-state index contributed by atoms with van der Waals surface area (Å²) < 4.78 is 4.69. The van der Waals surface area contributed by atoms with Gasteiger partial charge in [-0.05, 0) is 31.1 Å². The molecule has 0 aromatic carbocycles. The van der Waals surface area contributed by atoms with Gasteiger partial charge < -0.3 is 9.57 Å². The average Bonchev–Trinajstić information content (AvgIpc) is 2.56. The zero-order valence-corrected chi connectivity index (χ0v) is 13.1. The van der Waals surface area contributed by atoms with E-state index in [1.54, 1.807) is 0 Å². The second kappa shape index (κ2) is 5.93. The minimum absolute atomic E-state index is 0.248. The van der Waals surface area contributed by atoms with E-state index in [0.717, 1.165) is 25.0 Å². The highest BCUT2D eigenvalue weighted by atomic mass is 16.7. The van der Waals surface area contributed by atoms with Crippen molar-refractivity contribution >= 4 is 11.7 Å². The lowest BCUT2D eigenvalue weighted by molar-refractivity contribution is -0.146. The molecule has 0 bridgehead atoms. The van der Waals surface area contributed by atoms with E-state index in [9.17, 15) is 4.79 Å². The summed E-state index contributed by atoms with van der Waals surface area (Å²) in [6.45, 7) is 10.9. The number of methoxy groups -OCH3 is 1. The van der Waals surface area contributed by atoms with Gasteiger partial charge in [0, 0.05) is 6.42 Å². The van der Waals surface area contributed by atoms with Crippen LogP contribution in [0.3, 0.4) is 0 Å². The molecule has 0 N–H and O–H groups in total. The largest absolute Gasteiger partial charge is 0.469 e. The molecule has 0 saturated heterocycles. The number of esters is 1. The molecular formula is C15H27NO3. The molecule has 19 heavy (non-hydrogen) atoms. The molecule has 4 nitrogen and oxygen atoms in total. The monoisotopic (exact) mass is 269 g/mol. The normalized spacial score (nSPS) is 24.6. The number of oxime groups is 1. The van der Waals surface area contributed by atoms with Crippen LogP contribution in [0, 0.1) is 11.3 Å². The molecule has 1 heterocycles. The standard InChI is InChI=1S/C15H27NO3/c1-11(8-14(2,3)4)7-12-9-15(5,19-16-12)10-13(17)18-6/h11H,7-10H2,1-6H3. The summed E-state index contributed by atoms with van der Waals surface area (Å²) in [7, 11) is 1.40. The van der Waals surface area contributed by atoms with Gasteiger partial charge in [0.2, 0.25) is 0 Å². The molecule has 0 amide bonds. The predicted octanol–water partition coefficient (Wildman–Crippen LogP) is 3.55. The van der Waals surface area contributed by atoms with E-state index < -0.39 is 5.60 Å². The quantitative estimate of drug-likeness (QED) is 0.717. The molecule has 1 aliphatic heterocycles. The summed E-state index contributed by atoms with van der Waals surface area (Å²) in [4.78, 5) is 16.8. The van der Waals surface area contributed by atoms with E-state index in [0.29, 0.717) is 11.3 Å². The van der Waals surface area contributed by atoms with Crippen LogP contribution >= 0.6 is 0 Å². The molecule has 2 atom stereocenters. The van der Waals surface area contributed by atoms with Gasteiger partial charge in [0.25, 0.3) is 0 Å². The van der Waals surface area contributed by atoms with Crippen molar-refractivity contribution in [2.75, 3.05) is 7.11 Å². The van der Waals surface area contributed by atoms with E-state index in [1.165, 1.54) is 7.11 Å². The van der Waals surface area contributed by atoms with Crippen LogP contribution in [0.4, 0.5) is 0 Å². The van der Waals surface area contributed by atoms with E-state index in [-0.39, 0.29) is 12.4 Å². The van der Waals surface area contributed by atoms with Crippen molar-refractivity contribution in [2.45, 2.75) is 65.9 Å². The Labute approximate surface area is 116 Å². The lowest BCUT2D eigenvalue weighted by atomic mass is 9.82. The Bertz CT molecular complexity index is 357. The zero-order chi connectivity index (χ0) is 14.7. The Morgan fingerprint density at radius 2 is 2.16 bits per heavy atom. The van der Waals surface area contributed by atoms with Crippen LogP contribution in [-0.2, 0) is 14.4 Å². The first-order valence-corrected chi connectivity index (χ1v) is 6.94. The molecule has 0 radical (unpaired) electrons. The molecular weight excluding hydrogens is 242 g/mol. The van der Waals surface area contributed by atoms with Crippen LogP contribution in [0.1, 0.15) is 60.3 Å². The van der Waals surface area contributed by atoms with Gasteiger partial charge in [0.15, 0.2) is 5.60 Å². The van der Waals surface area contributed by atoms with Crippen molar-refractivity contribution in [1.82, 2.24) is 0 Å². The summed E-state index contributed by atoms with van der Waals surface area (Å²) in [5.74, 6) is 0.324. The number of nitrogens with zero attached hydrogens (tertiary/aromatic N) is 1. The molecule has 1 aliphatic rings. The highest BCUT2D eigenvalue weighted by Crippen LogP contribution is 2.32. The lowest BCUT2D eigenvalue weighted by Gasteiger charge is -2.23. The van der Waals surface area contributed by atoms with Crippen molar-refractivity contribution in [2.24, 2.45) is 16.5 Å². The Balaban J connectivity index is 2.45. The number of hydrogen-bond donors (Lipinski definition) is 0. The van der Waals surface area contributed by atoms with Crippen LogP contribution in [-0.4, -0.2) is 24.4 Å². The fourth-order valence-electron chi connectivity index (χ4n) is 2.77. The molecule has 0 aliphatic carbocycles. The van der Waals surface area contributed by atoms with Gasteiger partial charge in [-0.1, -0.05) is 32.9 Å². The maximum Gasteiger partial charge on any atom is 0.309 e. The molecule has 110 valence electrons. The fraction of sp³-hybridized carbons (Fsp3) is 0.867. The summed E-state index contributed by atoms with van der Waals surface area (Å²) in [6.07, 6.45) is 3.06. The maximum atomic E-state index is 11.3. The molecule has 0 saturated carbocycles. The summed E-state index contributed by atoms with van der Waals surface area (Å²) in [5.41, 5.74) is 0.863. The zero-order valence-electron chi connectivity index (χ0n) is 13.1. The molecule has 1 rings (SSSR count). The van der Waals surface area contributed by atoms with Crippen molar-refractivity contribution in [3.8, 4) is 0 Å². The molecule has 0 spiro atoms. The van der Waals surface area contributed by atoms with E-state index in [4.69, 9.17) is 4.84 Å². The Morgan fingerprint density at radius 3 is 2.68 bits per heavy atom. The van der Waals surface area contributed by atoms with Gasteiger partial charge in [-0.2, -0.15) is 0 Å². The van der Waals surface area contributed by atoms with Gasteiger partial charge in [-0.3, -0.25) is 4.79 Å². The number of hydrogen-bond acceptors (Lipinski definition) is 4. The minimum atomic E-state index is -0.524. The van der Waals surface area contributed by atoms with Crippen LogP contribution in [0.25, 0.3) is 0 Å². The second-order valence-corrected chi connectivity index (χ2v) is 7.20. The summed E-state index contributed by atoms with van der Waals surface area (Å²) >= 11 is 0. The van der Waals surface area contributed by atoms with Crippen LogP contribution in [0.2, 0.25) is 0 Å². The van der Waals surface area contributed by atoms with Crippen LogP contribution < -0.4 is 0 Å². The Morgan fingerprint density at radius 1 is 1.53 bits per heavy atom. The first-order chi connectivity index (χ1) is 8.63. The van der Waals surface area contributed by atoms with Gasteiger partial charge in [0.1, 0.15) is 0 Å². The van der Waals surface area contributed by atoms with Crippen molar-refractivity contribution in [3.63, 3.8) is 0 Å². The number of ether oxygens (including phenoxy) is 1. The smallest absolute Gasteiger partial charge is 0.309 e. The molecule has 0 fully saturated rings. The number of carbonyl (C=O) groups is 1. The third kappa shape index (κ3) is 5.62. The third-order valence-electron chi connectivity index (χ3n) is 3.26. The van der Waals surface area contributed by atoms with Crippen molar-refractivity contribution in [3.05, 3.63) is 0 Å². The van der Waals surface area contributed by atoms with E-state index in [1.807, 2.05) is 6.92 Å². The molecule has 0 aromatic rings. The molecule has 4 heteroatoms. The highest BCUT2D eigenvalue weighted by molar-refractivity contribution is 5.87. The Hall–Kier alpha value is -1.06. The predicted molar refractivity (Wildman–Crippen MR) is 76.0 cm³/mol. The topological polar surface area (TPSA) is 47.9 Å². The lowest BCUT2D eigenvalue weighted by Crippen LogP contribution is -2.29.